The number of anilines is 2. The van der Waals surface area contributed by atoms with Crippen molar-refractivity contribution in [1.29, 1.82) is 0 Å². The van der Waals surface area contributed by atoms with Gasteiger partial charge in [-0.15, -0.1) is 0 Å². The highest BCUT2D eigenvalue weighted by molar-refractivity contribution is 6.07. The molecule has 3 N–H and O–H groups in total. The number of nitrogens with one attached hydrogen (secondary N) is 3. The van der Waals surface area contributed by atoms with E-state index in [1.807, 2.05) is 105 Å². The quantitative estimate of drug-likeness (QED) is 0.327. The largest absolute Gasteiger partial charge is 0.325 e. The van der Waals surface area contributed by atoms with E-state index in [0.717, 1.165) is 22.8 Å². The van der Waals surface area contributed by atoms with Crippen molar-refractivity contribution in [2.24, 2.45) is 15.1 Å². The average Bonchev–Trinajstić information content (AvgIpc) is 2.74. The second kappa shape index (κ2) is 10.4. The highest BCUT2D eigenvalue weighted by Crippen LogP contribution is 2.13. The number of benzene rings is 3. The molecule has 0 atom stereocenters. The molecular formula is C23H24N6. The van der Waals surface area contributed by atoms with Crippen LogP contribution in [0, 0.1) is 0 Å². The molecule has 0 saturated heterocycles. The smallest absolute Gasteiger partial charge is 0.231 e. The molecule has 0 aliphatic rings. The molecule has 0 aliphatic heterocycles. The molecule has 0 amide bonds. The molecular weight excluding hydrogens is 360 g/mol. The molecule has 0 bridgehead atoms. The molecule has 146 valence electrons. The highest BCUT2D eigenvalue weighted by Gasteiger charge is 2.05. The number of nitrogens with zero attached hydrogens (tertiary/aromatic N) is 3. The van der Waals surface area contributed by atoms with Crippen molar-refractivity contribution < 1.29 is 0 Å². The summed E-state index contributed by atoms with van der Waals surface area (Å²) in [6.07, 6.45) is 0. The normalized spacial score (nSPS) is 11.5. The van der Waals surface area contributed by atoms with Crippen molar-refractivity contribution in [1.82, 2.24) is 5.43 Å². The van der Waals surface area contributed by atoms with Gasteiger partial charge < -0.3 is 10.6 Å². The van der Waals surface area contributed by atoms with Crippen LogP contribution in [0.3, 0.4) is 0 Å². The number of guanidine groups is 2. The highest BCUT2D eigenvalue weighted by atomic mass is 15.4. The Kier molecular flexibility index (Phi) is 7.12. The summed E-state index contributed by atoms with van der Waals surface area (Å²) in [7, 11) is 0. The van der Waals surface area contributed by atoms with Gasteiger partial charge in [0, 0.05) is 17.1 Å². The fourth-order valence-corrected chi connectivity index (χ4v) is 2.37. The number of rotatable bonds is 4. The van der Waals surface area contributed by atoms with Gasteiger partial charge in [0.25, 0.3) is 0 Å². The molecule has 6 nitrogen and oxygen atoms in total. The fraction of sp³-hybridized carbons (Fsp3) is 0.0870. The molecule has 0 fully saturated rings. The standard InChI is InChI=1S/C23H24N6/c1-18(2)28-29-23(26-21-16-10-5-11-17-21)27-22(24-19-12-6-3-7-13-19)25-20-14-8-4-9-15-20/h3-17H,1-2H3,(H3,24,25,26,27,29). The van der Waals surface area contributed by atoms with Crippen LogP contribution in [-0.2, 0) is 0 Å². The first-order chi connectivity index (χ1) is 14.2. The zero-order valence-corrected chi connectivity index (χ0v) is 16.5. The average molecular weight is 384 g/mol. The number of para-hydroxylation sites is 3. The Bertz CT molecular complexity index is 976. The van der Waals surface area contributed by atoms with Crippen molar-refractivity contribution in [2.45, 2.75) is 13.8 Å². The molecule has 3 aromatic carbocycles. The van der Waals surface area contributed by atoms with Crippen LogP contribution in [0.15, 0.2) is 106 Å². The van der Waals surface area contributed by atoms with E-state index in [9.17, 15) is 0 Å². The van der Waals surface area contributed by atoms with Crippen LogP contribution in [0.4, 0.5) is 17.1 Å². The molecule has 0 spiro atoms. The lowest BCUT2D eigenvalue weighted by atomic mass is 10.3. The van der Waals surface area contributed by atoms with Gasteiger partial charge in [-0.05, 0) is 50.2 Å². The van der Waals surface area contributed by atoms with E-state index in [0.29, 0.717) is 11.9 Å². The molecule has 0 saturated carbocycles. The van der Waals surface area contributed by atoms with Gasteiger partial charge >= 0.3 is 0 Å². The maximum atomic E-state index is 4.66. The summed E-state index contributed by atoms with van der Waals surface area (Å²) in [5.74, 6) is 0.882. The summed E-state index contributed by atoms with van der Waals surface area (Å²) in [6.45, 7) is 3.82. The summed E-state index contributed by atoms with van der Waals surface area (Å²) < 4.78 is 0. The first-order valence-electron chi connectivity index (χ1n) is 9.32. The van der Waals surface area contributed by atoms with E-state index in [2.05, 4.69) is 31.1 Å². The lowest BCUT2D eigenvalue weighted by Crippen LogP contribution is -2.29. The molecule has 3 rings (SSSR count). The van der Waals surface area contributed by atoms with E-state index >= 15 is 0 Å². The minimum Gasteiger partial charge on any atom is -0.325 e. The van der Waals surface area contributed by atoms with E-state index in [1.165, 1.54) is 0 Å². The summed E-state index contributed by atoms with van der Waals surface area (Å²) >= 11 is 0. The SMILES string of the molecule is CC(C)=NN/C(=N/C(=Nc1ccccc1)Nc1ccccc1)Nc1ccccc1. The molecule has 6 heteroatoms. The molecule has 0 heterocycles. The molecule has 29 heavy (non-hydrogen) atoms. The zero-order valence-electron chi connectivity index (χ0n) is 16.5. The molecule has 0 aromatic heterocycles. The predicted octanol–water partition coefficient (Wildman–Crippen LogP) is 5.24. The lowest BCUT2D eigenvalue weighted by molar-refractivity contribution is 1.01. The van der Waals surface area contributed by atoms with E-state index in [4.69, 9.17) is 0 Å². The number of hydrogen-bond donors (Lipinski definition) is 3. The number of hydrazone groups is 1. The first-order valence-corrected chi connectivity index (χ1v) is 9.32. The van der Waals surface area contributed by atoms with Crippen molar-refractivity contribution in [3.63, 3.8) is 0 Å². The van der Waals surface area contributed by atoms with Crippen molar-refractivity contribution >= 4 is 34.7 Å². The third kappa shape index (κ3) is 6.95. The van der Waals surface area contributed by atoms with Crippen LogP contribution in [0.25, 0.3) is 0 Å². The first kappa shape index (κ1) is 19.8. The summed E-state index contributed by atoms with van der Waals surface area (Å²) in [5, 5.41) is 10.8. The lowest BCUT2D eigenvalue weighted by Gasteiger charge is -2.12. The van der Waals surface area contributed by atoms with Gasteiger partial charge in [-0.2, -0.15) is 10.1 Å². The topological polar surface area (TPSA) is 73.2 Å². The molecule has 0 radical (unpaired) electrons. The van der Waals surface area contributed by atoms with Gasteiger partial charge in [0.2, 0.25) is 11.9 Å². The van der Waals surface area contributed by atoms with Crippen LogP contribution < -0.4 is 16.1 Å². The minimum absolute atomic E-state index is 0.428. The van der Waals surface area contributed by atoms with Crippen LogP contribution in [0.1, 0.15) is 13.8 Å². The molecule has 3 aromatic rings. The van der Waals surface area contributed by atoms with Gasteiger partial charge in [0.15, 0.2) is 0 Å². The van der Waals surface area contributed by atoms with Crippen LogP contribution in [0.5, 0.6) is 0 Å². The fourth-order valence-electron chi connectivity index (χ4n) is 2.37. The van der Waals surface area contributed by atoms with E-state index in [1.54, 1.807) is 0 Å². The second-order valence-electron chi connectivity index (χ2n) is 6.38. The predicted molar refractivity (Wildman–Crippen MR) is 123 cm³/mol. The van der Waals surface area contributed by atoms with Crippen LogP contribution in [-0.4, -0.2) is 17.6 Å². The summed E-state index contributed by atoms with van der Waals surface area (Å²) in [5.41, 5.74) is 6.43. The van der Waals surface area contributed by atoms with E-state index < -0.39 is 0 Å². The third-order valence-corrected chi connectivity index (χ3v) is 3.66. The number of aliphatic imine (C=N–C) groups is 2. The van der Waals surface area contributed by atoms with E-state index in [-0.39, 0.29) is 0 Å². The number of hydrogen-bond acceptors (Lipinski definition) is 2. The Hall–Kier alpha value is -3.93. The van der Waals surface area contributed by atoms with Gasteiger partial charge in [-0.25, -0.2) is 10.4 Å². The van der Waals surface area contributed by atoms with Crippen molar-refractivity contribution in [3.8, 4) is 0 Å². The van der Waals surface area contributed by atoms with Gasteiger partial charge in [0.05, 0.1) is 5.69 Å². The maximum Gasteiger partial charge on any atom is 0.231 e. The maximum absolute atomic E-state index is 4.66. The van der Waals surface area contributed by atoms with Crippen molar-refractivity contribution in [3.05, 3.63) is 91.0 Å². The van der Waals surface area contributed by atoms with Gasteiger partial charge in [-0.1, -0.05) is 54.6 Å². The summed E-state index contributed by atoms with van der Waals surface area (Å²) in [6, 6.07) is 29.3. The van der Waals surface area contributed by atoms with Crippen LogP contribution in [0.2, 0.25) is 0 Å². The summed E-state index contributed by atoms with van der Waals surface area (Å²) in [4.78, 5) is 9.31. The Morgan fingerprint density at radius 2 is 1.17 bits per heavy atom. The molecule has 0 aliphatic carbocycles. The second-order valence-corrected chi connectivity index (χ2v) is 6.38. The monoisotopic (exact) mass is 384 g/mol. The Balaban J connectivity index is 1.95. The zero-order chi connectivity index (χ0) is 20.3. The third-order valence-electron chi connectivity index (χ3n) is 3.66. The Morgan fingerprint density at radius 1 is 0.655 bits per heavy atom. The Morgan fingerprint density at radius 3 is 1.72 bits per heavy atom. The minimum atomic E-state index is 0.428. The van der Waals surface area contributed by atoms with Gasteiger partial charge in [-0.3, -0.25) is 0 Å². The Labute approximate surface area is 171 Å². The van der Waals surface area contributed by atoms with Gasteiger partial charge in [0.1, 0.15) is 0 Å². The van der Waals surface area contributed by atoms with Crippen LogP contribution >= 0.6 is 0 Å². The molecule has 0 unspecified atom stereocenters. The van der Waals surface area contributed by atoms with Crippen molar-refractivity contribution in [2.75, 3.05) is 10.6 Å².